The van der Waals surface area contributed by atoms with Crippen molar-refractivity contribution in [2.75, 3.05) is 12.3 Å². The minimum absolute atomic E-state index is 0.0116. The van der Waals surface area contributed by atoms with Gasteiger partial charge in [0.2, 0.25) is 5.91 Å². The first-order valence-electron chi connectivity index (χ1n) is 5.95. The van der Waals surface area contributed by atoms with Crippen molar-refractivity contribution in [3.05, 3.63) is 29.8 Å². The first-order valence-corrected chi connectivity index (χ1v) is 6.93. The molecule has 110 valence electrons. The predicted molar refractivity (Wildman–Crippen MR) is 71.5 cm³/mol. The molecule has 0 saturated carbocycles. The van der Waals surface area contributed by atoms with Crippen molar-refractivity contribution in [1.29, 1.82) is 0 Å². The third-order valence-corrected chi connectivity index (χ3v) is 3.47. The van der Waals surface area contributed by atoms with E-state index in [9.17, 15) is 18.4 Å². The summed E-state index contributed by atoms with van der Waals surface area (Å²) in [5.74, 6) is -2.81. The number of carboxylic acids is 1. The van der Waals surface area contributed by atoms with Gasteiger partial charge in [-0.05, 0) is 18.1 Å². The Morgan fingerprint density at radius 1 is 1.40 bits per heavy atom. The van der Waals surface area contributed by atoms with Gasteiger partial charge >= 0.3 is 5.97 Å². The lowest BCUT2D eigenvalue weighted by molar-refractivity contribution is -0.138. The van der Waals surface area contributed by atoms with Gasteiger partial charge in [0.15, 0.2) is 0 Å². The van der Waals surface area contributed by atoms with Gasteiger partial charge in [0.05, 0.1) is 5.75 Å². The Labute approximate surface area is 119 Å². The molecule has 0 aliphatic rings. The van der Waals surface area contributed by atoms with Crippen molar-refractivity contribution < 1.29 is 23.5 Å². The number of carbonyl (C=O) groups excluding carboxylic acids is 1. The lowest BCUT2D eigenvalue weighted by Gasteiger charge is -2.10. The summed E-state index contributed by atoms with van der Waals surface area (Å²) in [5, 5.41) is 11.1. The Hall–Kier alpha value is -1.63. The molecule has 1 unspecified atom stereocenters. The van der Waals surface area contributed by atoms with Crippen LogP contribution >= 0.6 is 11.8 Å². The highest BCUT2D eigenvalue weighted by atomic mass is 32.2. The zero-order chi connectivity index (χ0) is 15.1. The number of carboxylic acid groups (broad SMARTS) is 1. The summed E-state index contributed by atoms with van der Waals surface area (Å²) >= 11 is 0.959. The quantitative estimate of drug-likeness (QED) is 0.758. The van der Waals surface area contributed by atoms with Crippen molar-refractivity contribution in [3.63, 3.8) is 0 Å². The molecule has 0 saturated heterocycles. The third kappa shape index (κ3) is 6.01. The van der Waals surface area contributed by atoms with Gasteiger partial charge in [-0.1, -0.05) is 6.92 Å². The number of hydrogen-bond donors (Lipinski definition) is 2. The normalized spacial score (nSPS) is 11.9. The number of carbonyl (C=O) groups is 2. The Bertz CT molecular complexity index is 497. The average Bonchev–Trinajstić information content (AvgIpc) is 2.34. The average molecular weight is 303 g/mol. The Morgan fingerprint density at radius 3 is 2.70 bits per heavy atom. The van der Waals surface area contributed by atoms with Gasteiger partial charge in [-0.2, -0.15) is 0 Å². The summed E-state index contributed by atoms with van der Waals surface area (Å²) in [4.78, 5) is 22.1. The van der Waals surface area contributed by atoms with Gasteiger partial charge in [0.25, 0.3) is 0 Å². The van der Waals surface area contributed by atoms with Crippen LogP contribution in [0.15, 0.2) is 23.1 Å². The molecule has 4 nitrogen and oxygen atoms in total. The topological polar surface area (TPSA) is 66.4 Å². The maximum absolute atomic E-state index is 13.3. The highest BCUT2D eigenvalue weighted by Gasteiger charge is 2.11. The molecule has 0 fully saturated rings. The zero-order valence-electron chi connectivity index (χ0n) is 10.9. The van der Waals surface area contributed by atoms with E-state index in [1.807, 2.05) is 0 Å². The molecule has 1 atom stereocenters. The van der Waals surface area contributed by atoms with E-state index in [1.165, 1.54) is 6.07 Å². The minimum atomic E-state index is -0.922. The molecule has 2 N–H and O–H groups in total. The van der Waals surface area contributed by atoms with Crippen LogP contribution in [0.2, 0.25) is 0 Å². The third-order valence-electron chi connectivity index (χ3n) is 2.42. The molecule has 0 aliphatic carbocycles. The number of thioether (sulfide) groups is 1. The monoisotopic (exact) mass is 303 g/mol. The molecule has 0 bridgehead atoms. The maximum atomic E-state index is 13.3. The van der Waals surface area contributed by atoms with Gasteiger partial charge in [0.1, 0.15) is 11.6 Å². The number of amides is 1. The zero-order valence-corrected chi connectivity index (χ0v) is 11.7. The molecule has 7 heteroatoms. The van der Waals surface area contributed by atoms with E-state index in [1.54, 1.807) is 6.92 Å². The smallest absolute Gasteiger partial charge is 0.303 e. The minimum Gasteiger partial charge on any atom is -0.481 e. The number of hydrogen-bond acceptors (Lipinski definition) is 3. The number of benzene rings is 1. The van der Waals surface area contributed by atoms with Crippen LogP contribution in [0.25, 0.3) is 0 Å². The van der Waals surface area contributed by atoms with Gasteiger partial charge in [-0.25, -0.2) is 8.78 Å². The molecule has 1 aromatic rings. The Morgan fingerprint density at radius 2 is 2.10 bits per heavy atom. The van der Waals surface area contributed by atoms with E-state index < -0.39 is 17.6 Å². The molecule has 0 aromatic heterocycles. The molecule has 1 amide bonds. The fourth-order valence-electron chi connectivity index (χ4n) is 1.44. The van der Waals surface area contributed by atoms with E-state index in [4.69, 9.17) is 5.11 Å². The summed E-state index contributed by atoms with van der Waals surface area (Å²) in [6.07, 6.45) is -0.0278. The fourth-order valence-corrected chi connectivity index (χ4v) is 2.19. The molecule has 1 rings (SSSR count). The van der Waals surface area contributed by atoms with Crippen LogP contribution in [-0.2, 0) is 9.59 Å². The number of halogens is 2. The van der Waals surface area contributed by atoms with E-state index >= 15 is 0 Å². The molecule has 0 spiro atoms. The van der Waals surface area contributed by atoms with Crippen molar-refractivity contribution >= 4 is 23.6 Å². The summed E-state index contributed by atoms with van der Waals surface area (Å²) in [5.41, 5.74) is 0. The predicted octanol–water partition coefficient (Wildman–Crippen LogP) is 2.28. The number of nitrogens with one attached hydrogen (secondary N) is 1. The second-order valence-corrected chi connectivity index (χ2v) is 5.39. The van der Waals surface area contributed by atoms with E-state index in [2.05, 4.69) is 5.32 Å². The van der Waals surface area contributed by atoms with Crippen molar-refractivity contribution in [2.45, 2.75) is 18.2 Å². The first kappa shape index (κ1) is 16.4. The molecular weight excluding hydrogens is 288 g/mol. The second-order valence-electron chi connectivity index (χ2n) is 4.37. The van der Waals surface area contributed by atoms with E-state index in [0.717, 1.165) is 23.9 Å². The molecule has 20 heavy (non-hydrogen) atoms. The fraction of sp³-hybridized carbons (Fsp3) is 0.385. The maximum Gasteiger partial charge on any atom is 0.303 e. The molecule has 1 aromatic carbocycles. The van der Waals surface area contributed by atoms with Crippen LogP contribution in [0.1, 0.15) is 13.3 Å². The van der Waals surface area contributed by atoms with E-state index in [-0.39, 0.29) is 35.4 Å². The van der Waals surface area contributed by atoms with Crippen LogP contribution in [0.3, 0.4) is 0 Å². The Balaban J connectivity index is 2.34. The van der Waals surface area contributed by atoms with Crippen molar-refractivity contribution in [3.8, 4) is 0 Å². The molecule has 0 aliphatic heterocycles. The first-order chi connectivity index (χ1) is 9.38. The summed E-state index contributed by atoms with van der Waals surface area (Å²) in [6.45, 7) is 1.96. The van der Waals surface area contributed by atoms with Crippen LogP contribution in [-0.4, -0.2) is 29.3 Å². The van der Waals surface area contributed by atoms with Crippen LogP contribution in [0, 0.1) is 17.6 Å². The lowest BCUT2D eigenvalue weighted by Crippen LogP contribution is -2.30. The van der Waals surface area contributed by atoms with Gasteiger partial charge in [-0.3, -0.25) is 9.59 Å². The SMILES string of the molecule is CC(CNC(=O)CSc1ccc(F)cc1F)CC(=O)O. The molecule has 0 heterocycles. The van der Waals surface area contributed by atoms with Gasteiger partial charge in [-0.15, -0.1) is 11.8 Å². The second kappa shape index (κ2) is 7.84. The molecule has 0 radical (unpaired) electrons. The van der Waals surface area contributed by atoms with E-state index in [0.29, 0.717) is 0 Å². The molecular formula is C13H15F2NO3S. The van der Waals surface area contributed by atoms with Gasteiger partial charge < -0.3 is 10.4 Å². The largest absolute Gasteiger partial charge is 0.481 e. The van der Waals surface area contributed by atoms with Gasteiger partial charge in [0, 0.05) is 23.9 Å². The lowest BCUT2D eigenvalue weighted by atomic mass is 10.1. The Kier molecular flexibility index (Phi) is 6.44. The van der Waals surface area contributed by atoms with Crippen LogP contribution in [0.4, 0.5) is 8.78 Å². The summed E-state index contributed by atoms with van der Waals surface area (Å²) in [7, 11) is 0. The standard InChI is InChI=1S/C13H15F2NO3S/c1-8(4-13(18)19)6-16-12(17)7-20-11-3-2-9(14)5-10(11)15/h2-3,5,8H,4,6-7H2,1H3,(H,16,17)(H,18,19). The highest BCUT2D eigenvalue weighted by molar-refractivity contribution is 8.00. The highest BCUT2D eigenvalue weighted by Crippen LogP contribution is 2.21. The summed E-state index contributed by atoms with van der Waals surface area (Å²) in [6, 6.07) is 3.16. The van der Waals surface area contributed by atoms with Crippen molar-refractivity contribution in [2.24, 2.45) is 5.92 Å². The number of rotatable bonds is 7. The number of aliphatic carboxylic acids is 1. The van der Waals surface area contributed by atoms with Crippen LogP contribution in [0.5, 0.6) is 0 Å². The van der Waals surface area contributed by atoms with Crippen molar-refractivity contribution in [1.82, 2.24) is 5.32 Å². The van der Waals surface area contributed by atoms with Crippen LogP contribution < -0.4 is 5.32 Å². The summed E-state index contributed by atoms with van der Waals surface area (Å²) < 4.78 is 26.0.